The predicted octanol–water partition coefficient (Wildman–Crippen LogP) is 2.97. The van der Waals surface area contributed by atoms with Gasteiger partial charge in [0.2, 0.25) is 5.92 Å². The largest absolute Gasteiger partial charge is 0.390 e. The fourth-order valence-electron chi connectivity index (χ4n) is 2.05. The van der Waals surface area contributed by atoms with Crippen LogP contribution < -0.4 is 0 Å². The highest BCUT2D eigenvalue weighted by Crippen LogP contribution is 2.40. The Morgan fingerprint density at radius 3 is 2.00 bits per heavy atom. The van der Waals surface area contributed by atoms with Crippen LogP contribution in [0.5, 0.6) is 0 Å². The maximum Gasteiger partial charge on any atom is 0.248 e. The molecule has 1 aliphatic carbocycles. The van der Waals surface area contributed by atoms with Gasteiger partial charge < -0.3 is 5.11 Å². The van der Waals surface area contributed by atoms with E-state index in [1.54, 1.807) is 0 Å². The van der Waals surface area contributed by atoms with E-state index < -0.39 is 11.5 Å². The van der Waals surface area contributed by atoms with E-state index in [2.05, 4.69) is 0 Å². The minimum absolute atomic E-state index is 0.157. The van der Waals surface area contributed by atoms with Crippen LogP contribution in [-0.4, -0.2) is 16.6 Å². The molecule has 0 aromatic rings. The number of alkyl halides is 2. The second-order valence-corrected chi connectivity index (χ2v) is 4.68. The first-order chi connectivity index (χ1) is 5.83. The van der Waals surface area contributed by atoms with Gasteiger partial charge in [-0.2, -0.15) is 0 Å². The lowest BCUT2D eigenvalue weighted by atomic mass is 9.78. The van der Waals surface area contributed by atoms with Gasteiger partial charge >= 0.3 is 0 Å². The van der Waals surface area contributed by atoms with Crippen molar-refractivity contribution >= 4 is 0 Å². The van der Waals surface area contributed by atoms with Gasteiger partial charge in [-0.1, -0.05) is 13.8 Å². The Labute approximate surface area is 78.1 Å². The molecule has 78 valence electrons. The van der Waals surface area contributed by atoms with Crippen LogP contribution in [0.15, 0.2) is 0 Å². The molecule has 0 spiro atoms. The van der Waals surface area contributed by atoms with Gasteiger partial charge in [0.1, 0.15) is 0 Å². The predicted molar refractivity (Wildman–Crippen MR) is 47.8 cm³/mol. The summed E-state index contributed by atoms with van der Waals surface area (Å²) in [6.45, 7) is 4.01. The lowest BCUT2D eigenvalue weighted by Gasteiger charge is -2.37. The van der Waals surface area contributed by atoms with Gasteiger partial charge in [-0.15, -0.1) is 0 Å². The highest BCUT2D eigenvalue weighted by molar-refractivity contribution is 4.89. The normalized spacial score (nSPS) is 26.3. The van der Waals surface area contributed by atoms with E-state index in [1.807, 2.05) is 13.8 Å². The van der Waals surface area contributed by atoms with Gasteiger partial charge in [0.25, 0.3) is 0 Å². The zero-order valence-electron chi connectivity index (χ0n) is 8.32. The molecule has 1 rings (SSSR count). The van der Waals surface area contributed by atoms with Crippen molar-refractivity contribution in [2.45, 2.75) is 57.5 Å². The van der Waals surface area contributed by atoms with Crippen LogP contribution in [-0.2, 0) is 0 Å². The van der Waals surface area contributed by atoms with Crippen LogP contribution in [0.4, 0.5) is 8.78 Å². The Hall–Kier alpha value is -0.180. The van der Waals surface area contributed by atoms with Crippen molar-refractivity contribution in [1.82, 2.24) is 0 Å². The Bertz CT molecular complexity index is 168. The summed E-state index contributed by atoms with van der Waals surface area (Å²) in [4.78, 5) is 0. The monoisotopic (exact) mass is 192 g/mol. The van der Waals surface area contributed by atoms with Crippen LogP contribution in [0.25, 0.3) is 0 Å². The third-order valence-electron chi connectivity index (χ3n) is 2.70. The second kappa shape index (κ2) is 3.52. The number of hydrogen-bond acceptors (Lipinski definition) is 1. The molecule has 13 heavy (non-hydrogen) atoms. The molecule has 0 unspecified atom stereocenters. The average Bonchev–Trinajstić information content (AvgIpc) is 1.95. The summed E-state index contributed by atoms with van der Waals surface area (Å²) >= 11 is 0. The van der Waals surface area contributed by atoms with Crippen molar-refractivity contribution in [2.24, 2.45) is 5.92 Å². The maximum atomic E-state index is 12.8. The van der Waals surface area contributed by atoms with E-state index in [1.165, 1.54) is 0 Å². The molecule has 0 aromatic heterocycles. The van der Waals surface area contributed by atoms with Gasteiger partial charge in [0, 0.05) is 12.8 Å². The van der Waals surface area contributed by atoms with Gasteiger partial charge in [-0.3, -0.25) is 0 Å². The summed E-state index contributed by atoms with van der Waals surface area (Å²) in [5, 5.41) is 9.94. The number of halogens is 2. The van der Waals surface area contributed by atoms with Crippen LogP contribution in [0.1, 0.15) is 46.0 Å². The van der Waals surface area contributed by atoms with E-state index in [0.29, 0.717) is 12.3 Å². The molecule has 0 amide bonds. The number of aliphatic hydroxyl groups is 1. The van der Waals surface area contributed by atoms with Gasteiger partial charge in [0.15, 0.2) is 0 Å². The summed E-state index contributed by atoms with van der Waals surface area (Å²) in [6.07, 6.45) is 0.825. The van der Waals surface area contributed by atoms with Crippen molar-refractivity contribution in [2.75, 3.05) is 0 Å². The van der Waals surface area contributed by atoms with Crippen molar-refractivity contribution in [3.05, 3.63) is 0 Å². The van der Waals surface area contributed by atoms with E-state index in [9.17, 15) is 13.9 Å². The van der Waals surface area contributed by atoms with Crippen molar-refractivity contribution in [3.8, 4) is 0 Å². The highest BCUT2D eigenvalue weighted by Gasteiger charge is 2.42. The molecule has 1 N–H and O–H groups in total. The first-order valence-electron chi connectivity index (χ1n) is 4.93. The molecule has 0 heterocycles. The fraction of sp³-hybridized carbons (Fsp3) is 1.00. The number of rotatable bonds is 2. The second-order valence-electron chi connectivity index (χ2n) is 4.68. The number of hydrogen-bond donors (Lipinski definition) is 1. The first kappa shape index (κ1) is 10.9. The molecular weight excluding hydrogens is 174 g/mol. The van der Waals surface area contributed by atoms with E-state index in [-0.39, 0.29) is 25.7 Å². The molecular formula is C10H18F2O. The molecule has 0 saturated heterocycles. The third kappa shape index (κ3) is 3.22. The lowest BCUT2D eigenvalue weighted by Crippen LogP contribution is -2.39. The summed E-state index contributed by atoms with van der Waals surface area (Å²) in [5.41, 5.74) is -0.824. The topological polar surface area (TPSA) is 20.2 Å². The van der Waals surface area contributed by atoms with Crippen LogP contribution in [0, 0.1) is 5.92 Å². The van der Waals surface area contributed by atoms with Crippen molar-refractivity contribution < 1.29 is 13.9 Å². The SMILES string of the molecule is CC(C)CC1(O)CCC(F)(F)CC1. The Kier molecular flexibility index (Phi) is 2.95. The van der Waals surface area contributed by atoms with Crippen LogP contribution >= 0.6 is 0 Å². The molecule has 3 heteroatoms. The van der Waals surface area contributed by atoms with Crippen molar-refractivity contribution in [3.63, 3.8) is 0 Å². The third-order valence-corrected chi connectivity index (χ3v) is 2.70. The zero-order chi connectivity index (χ0) is 10.1. The van der Waals surface area contributed by atoms with E-state index in [0.717, 1.165) is 0 Å². The molecule has 1 aliphatic rings. The van der Waals surface area contributed by atoms with Gasteiger partial charge in [-0.05, 0) is 25.2 Å². The summed E-state index contributed by atoms with van der Waals surface area (Å²) in [7, 11) is 0. The maximum absolute atomic E-state index is 12.8. The summed E-state index contributed by atoms with van der Waals surface area (Å²) < 4.78 is 25.5. The molecule has 1 fully saturated rings. The average molecular weight is 192 g/mol. The molecule has 0 aromatic carbocycles. The smallest absolute Gasteiger partial charge is 0.248 e. The summed E-state index contributed by atoms with van der Waals surface area (Å²) in [6, 6.07) is 0. The standard InChI is InChI=1S/C10H18F2O/c1-8(2)7-9(13)3-5-10(11,12)6-4-9/h8,13H,3-7H2,1-2H3. The highest BCUT2D eigenvalue weighted by atomic mass is 19.3. The molecule has 0 atom stereocenters. The molecule has 0 radical (unpaired) electrons. The zero-order valence-corrected chi connectivity index (χ0v) is 8.32. The fourth-order valence-corrected chi connectivity index (χ4v) is 2.05. The molecule has 1 nitrogen and oxygen atoms in total. The first-order valence-corrected chi connectivity index (χ1v) is 4.93. The quantitative estimate of drug-likeness (QED) is 0.713. The van der Waals surface area contributed by atoms with Gasteiger partial charge in [-0.25, -0.2) is 8.78 Å². The van der Waals surface area contributed by atoms with Crippen molar-refractivity contribution in [1.29, 1.82) is 0 Å². The van der Waals surface area contributed by atoms with Gasteiger partial charge in [0.05, 0.1) is 5.60 Å². The minimum Gasteiger partial charge on any atom is -0.390 e. The minimum atomic E-state index is -2.54. The Morgan fingerprint density at radius 2 is 1.62 bits per heavy atom. The molecule has 0 aliphatic heterocycles. The molecule has 1 saturated carbocycles. The lowest BCUT2D eigenvalue weighted by molar-refractivity contribution is -0.109. The Balaban J connectivity index is 2.47. The van der Waals surface area contributed by atoms with E-state index in [4.69, 9.17) is 0 Å². The van der Waals surface area contributed by atoms with Crippen LogP contribution in [0.2, 0.25) is 0 Å². The molecule has 0 bridgehead atoms. The van der Waals surface area contributed by atoms with E-state index >= 15 is 0 Å². The Morgan fingerprint density at radius 1 is 1.15 bits per heavy atom. The van der Waals surface area contributed by atoms with Crippen LogP contribution in [0.3, 0.4) is 0 Å². The summed E-state index contributed by atoms with van der Waals surface area (Å²) in [5.74, 6) is -2.17.